The number of nitrogens with one attached hydrogen (secondary N) is 1. The van der Waals surface area contributed by atoms with Crippen molar-refractivity contribution in [3.8, 4) is 0 Å². The van der Waals surface area contributed by atoms with Crippen molar-refractivity contribution in [2.45, 2.75) is 32.6 Å². The summed E-state index contributed by atoms with van der Waals surface area (Å²) in [6.45, 7) is 4.13. The molecule has 1 aromatic rings. The lowest BCUT2D eigenvalue weighted by molar-refractivity contribution is -0.129. The third kappa shape index (κ3) is 3.24. The Labute approximate surface area is 108 Å². The third-order valence-electron chi connectivity index (χ3n) is 3.40. The van der Waals surface area contributed by atoms with Crippen LogP contribution in [0.4, 0.5) is 5.69 Å². The summed E-state index contributed by atoms with van der Waals surface area (Å²) in [4.78, 5) is 14.1. The van der Waals surface area contributed by atoms with Crippen LogP contribution in [0.15, 0.2) is 6.20 Å². The van der Waals surface area contributed by atoms with Crippen LogP contribution in [-0.2, 0) is 11.8 Å². The largest absolute Gasteiger partial charge is 0.373 e. The van der Waals surface area contributed by atoms with Gasteiger partial charge in [0.15, 0.2) is 0 Å². The van der Waals surface area contributed by atoms with Gasteiger partial charge in [-0.15, -0.1) is 0 Å². The maximum Gasteiger partial charge on any atom is 0.241 e. The topological polar surface area (TPSA) is 50.2 Å². The molecular formula is C13H22N4O. The molecule has 0 saturated carbocycles. The van der Waals surface area contributed by atoms with Crippen LogP contribution in [0.2, 0.25) is 0 Å². The molecule has 1 amide bonds. The number of aromatic nitrogens is 2. The second kappa shape index (κ2) is 5.89. The van der Waals surface area contributed by atoms with Crippen LogP contribution in [0.3, 0.4) is 0 Å². The van der Waals surface area contributed by atoms with Gasteiger partial charge in [0.2, 0.25) is 5.91 Å². The molecule has 0 spiro atoms. The lowest BCUT2D eigenvalue weighted by Crippen LogP contribution is -2.36. The summed E-state index contributed by atoms with van der Waals surface area (Å²) in [5.74, 6) is 0.195. The SMILES string of the molecule is Cc1nn(C)cc1NCC(=O)N1CCCCCC1. The molecule has 0 radical (unpaired) electrons. The van der Waals surface area contributed by atoms with E-state index in [0.29, 0.717) is 6.54 Å². The molecule has 18 heavy (non-hydrogen) atoms. The van der Waals surface area contributed by atoms with E-state index in [4.69, 9.17) is 0 Å². The molecule has 5 heteroatoms. The highest BCUT2D eigenvalue weighted by Gasteiger charge is 2.15. The third-order valence-corrected chi connectivity index (χ3v) is 3.40. The average molecular weight is 250 g/mol. The van der Waals surface area contributed by atoms with Crippen LogP contribution in [0.25, 0.3) is 0 Å². The van der Waals surface area contributed by atoms with Gasteiger partial charge in [0.1, 0.15) is 0 Å². The van der Waals surface area contributed by atoms with E-state index >= 15 is 0 Å². The number of anilines is 1. The maximum absolute atomic E-state index is 12.1. The highest BCUT2D eigenvalue weighted by Crippen LogP contribution is 2.12. The van der Waals surface area contributed by atoms with Crippen molar-refractivity contribution in [1.29, 1.82) is 0 Å². The Morgan fingerprint density at radius 2 is 2.00 bits per heavy atom. The summed E-state index contributed by atoms with van der Waals surface area (Å²) in [7, 11) is 1.88. The first-order valence-electron chi connectivity index (χ1n) is 6.68. The van der Waals surface area contributed by atoms with Crippen molar-refractivity contribution >= 4 is 11.6 Å². The van der Waals surface area contributed by atoms with E-state index in [0.717, 1.165) is 37.3 Å². The molecule has 2 heterocycles. The highest BCUT2D eigenvalue weighted by molar-refractivity contribution is 5.81. The van der Waals surface area contributed by atoms with Gasteiger partial charge in [-0.2, -0.15) is 5.10 Å². The normalized spacial score (nSPS) is 16.4. The lowest BCUT2D eigenvalue weighted by Gasteiger charge is -2.20. The molecule has 0 aromatic carbocycles. The Hall–Kier alpha value is -1.52. The molecular weight excluding hydrogens is 228 g/mol. The van der Waals surface area contributed by atoms with E-state index in [1.54, 1.807) is 4.68 Å². The van der Waals surface area contributed by atoms with E-state index in [1.807, 2.05) is 25.1 Å². The number of aryl methyl sites for hydroxylation is 2. The predicted octanol–water partition coefficient (Wildman–Crippen LogP) is 1.54. The molecule has 0 bridgehead atoms. The fraction of sp³-hybridized carbons (Fsp3) is 0.692. The molecule has 1 aliphatic rings. The van der Waals surface area contributed by atoms with E-state index in [9.17, 15) is 4.79 Å². The molecule has 2 rings (SSSR count). The number of carbonyl (C=O) groups is 1. The van der Waals surface area contributed by atoms with Crippen LogP contribution >= 0.6 is 0 Å². The van der Waals surface area contributed by atoms with Gasteiger partial charge in [0.25, 0.3) is 0 Å². The standard InChI is InChI=1S/C13H22N4O/c1-11-12(10-16(2)15-11)14-9-13(18)17-7-5-3-4-6-8-17/h10,14H,3-9H2,1-2H3. The summed E-state index contributed by atoms with van der Waals surface area (Å²) in [5.41, 5.74) is 1.88. The number of hydrogen-bond donors (Lipinski definition) is 1. The molecule has 1 aliphatic heterocycles. The highest BCUT2D eigenvalue weighted by atomic mass is 16.2. The first kappa shape index (κ1) is 12.9. The quantitative estimate of drug-likeness (QED) is 0.885. The molecule has 5 nitrogen and oxygen atoms in total. The Morgan fingerprint density at radius 3 is 2.56 bits per heavy atom. The number of amides is 1. The van der Waals surface area contributed by atoms with Crippen molar-refractivity contribution in [2.24, 2.45) is 7.05 Å². The fourth-order valence-corrected chi connectivity index (χ4v) is 2.38. The Morgan fingerprint density at radius 1 is 1.33 bits per heavy atom. The zero-order chi connectivity index (χ0) is 13.0. The van der Waals surface area contributed by atoms with Gasteiger partial charge in [0, 0.05) is 26.3 Å². The van der Waals surface area contributed by atoms with E-state index < -0.39 is 0 Å². The monoisotopic (exact) mass is 250 g/mol. The molecule has 1 fully saturated rings. The van der Waals surface area contributed by atoms with Crippen molar-refractivity contribution in [2.75, 3.05) is 25.0 Å². The summed E-state index contributed by atoms with van der Waals surface area (Å²) < 4.78 is 1.76. The maximum atomic E-state index is 12.1. The van der Waals surface area contributed by atoms with Crippen molar-refractivity contribution in [3.05, 3.63) is 11.9 Å². The van der Waals surface area contributed by atoms with Gasteiger partial charge in [-0.1, -0.05) is 12.8 Å². The molecule has 0 unspecified atom stereocenters. The molecule has 100 valence electrons. The second-order valence-electron chi connectivity index (χ2n) is 4.95. The van der Waals surface area contributed by atoms with E-state index in [1.165, 1.54) is 12.8 Å². The second-order valence-corrected chi connectivity index (χ2v) is 4.95. The van der Waals surface area contributed by atoms with Gasteiger partial charge in [-0.25, -0.2) is 0 Å². The minimum Gasteiger partial charge on any atom is -0.373 e. The van der Waals surface area contributed by atoms with Crippen LogP contribution in [0.1, 0.15) is 31.4 Å². The fourth-order valence-electron chi connectivity index (χ4n) is 2.38. The van der Waals surface area contributed by atoms with Crippen molar-refractivity contribution < 1.29 is 4.79 Å². The zero-order valence-corrected chi connectivity index (χ0v) is 11.3. The van der Waals surface area contributed by atoms with Gasteiger partial charge in [-0.3, -0.25) is 9.48 Å². The van der Waals surface area contributed by atoms with Gasteiger partial charge in [0.05, 0.1) is 17.9 Å². The van der Waals surface area contributed by atoms with Crippen LogP contribution in [0, 0.1) is 6.92 Å². The Balaban J connectivity index is 1.85. The van der Waals surface area contributed by atoms with Gasteiger partial charge >= 0.3 is 0 Å². The number of hydrogen-bond acceptors (Lipinski definition) is 3. The van der Waals surface area contributed by atoms with Crippen LogP contribution < -0.4 is 5.32 Å². The van der Waals surface area contributed by atoms with Crippen molar-refractivity contribution in [3.63, 3.8) is 0 Å². The summed E-state index contributed by atoms with van der Waals surface area (Å²) in [6, 6.07) is 0. The molecule has 0 atom stereocenters. The van der Waals surface area contributed by atoms with Crippen molar-refractivity contribution in [1.82, 2.24) is 14.7 Å². The summed E-state index contributed by atoms with van der Waals surface area (Å²) in [6.07, 6.45) is 6.68. The first-order chi connectivity index (χ1) is 8.66. The molecule has 1 saturated heterocycles. The minimum atomic E-state index is 0.195. The lowest BCUT2D eigenvalue weighted by atomic mass is 10.2. The first-order valence-corrected chi connectivity index (χ1v) is 6.68. The summed E-state index contributed by atoms with van der Waals surface area (Å²) in [5, 5.41) is 7.42. The van der Waals surface area contributed by atoms with Crippen LogP contribution in [-0.4, -0.2) is 40.2 Å². The molecule has 1 aromatic heterocycles. The Bertz CT molecular complexity index is 405. The van der Waals surface area contributed by atoms with Gasteiger partial charge < -0.3 is 10.2 Å². The number of likely N-dealkylation sites (tertiary alicyclic amines) is 1. The zero-order valence-electron chi connectivity index (χ0n) is 11.3. The number of rotatable bonds is 3. The smallest absolute Gasteiger partial charge is 0.241 e. The van der Waals surface area contributed by atoms with E-state index in [2.05, 4.69) is 10.4 Å². The minimum absolute atomic E-state index is 0.195. The predicted molar refractivity (Wildman–Crippen MR) is 71.5 cm³/mol. The molecule has 1 N–H and O–H groups in total. The van der Waals surface area contributed by atoms with Crippen LogP contribution in [0.5, 0.6) is 0 Å². The number of nitrogens with zero attached hydrogens (tertiary/aromatic N) is 3. The molecule has 0 aliphatic carbocycles. The Kier molecular flexibility index (Phi) is 4.23. The average Bonchev–Trinajstić information content (AvgIpc) is 2.59. The number of carbonyl (C=O) groups excluding carboxylic acids is 1. The van der Waals surface area contributed by atoms with E-state index in [-0.39, 0.29) is 5.91 Å². The van der Waals surface area contributed by atoms with Gasteiger partial charge in [-0.05, 0) is 19.8 Å². The summed E-state index contributed by atoms with van der Waals surface area (Å²) >= 11 is 0.